The van der Waals surface area contributed by atoms with Gasteiger partial charge in [-0.3, -0.25) is 14.3 Å². The van der Waals surface area contributed by atoms with Crippen molar-refractivity contribution in [1.29, 1.82) is 0 Å². The largest absolute Gasteiger partial charge is 0.408 e. The first-order valence-electron chi connectivity index (χ1n) is 8.29. The zero-order valence-corrected chi connectivity index (χ0v) is 16.5. The Bertz CT molecular complexity index is 739. The number of hydrogen-bond acceptors (Lipinski definition) is 5. The average molecular weight is 374 g/mol. The van der Waals surface area contributed by atoms with E-state index in [4.69, 9.17) is 9.16 Å². The van der Waals surface area contributed by atoms with Crippen LogP contribution in [0.4, 0.5) is 4.39 Å². The molecule has 0 bridgehead atoms. The zero-order chi connectivity index (χ0) is 19.2. The molecule has 25 heavy (non-hydrogen) atoms. The number of hydrogen-bond donors (Lipinski definition) is 2. The molecular formula is C16H27FN2O5Si. The Morgan fingerprint density at radius 3 is 2.52 bits per heavy atom. The predicted molar refractivity (Wildman–Crippen MR) is 94.0 cm³/mol. The van der Waals surface area contributed by atoms with Gasteiger partial charge in [-0.2, -0.15) is 0 Å². The van der Waals surface area contributed by atoms with E-state index in [1.54, 1.807) is 0 Å². The van der Waals surface area contributed by atoms with E-state index in [1.165, 1.54) is 13.1 Å². The fourth-order valence-electron chi connectivity index (χ4n) is 2.50. The summed E-state index contributed by atoms with van der Waals surface area (Å²) in [5.74, 6) is 0. The molecule has 1 aromatic rings. The molecule has 2 rings (SSSR count). The van der Waals surface area contributed by atoms with Gasteiger partial charge in [0.15, 0.2) is 20.7 Å². The molecule has 1 aliphatic heterocycles. The van der Waals surface area contributed by atoms with Gasteiger partial charge in [0, 0.05) is 11.8 Å². The number of aryl methyl sites for hydroxylation is 1. The van der Waals surface area contributed by atoms with Crippen LogP contribution in [0.25, 0.3) is 0 Å². The van der Waals surface area contributed by atoms with Crippen LogP contribution in [0.3, 0.4) is 0 Å². The standard InChI is InChI=1S/C16H27FN2O5Si/c1-9-7-19(15(22)18-13(9)21)14-11(17)12(10(8-20)23-14)24-25(5,6)16(2,3)4/h7,10-12,14,20H,8H2,1-6H3,(H,18,21,22)/t10-,11+,12-,14-/m1/s1. The highest BCUT2D eigenvalue weighted by Crippen LogP contribution is 2.41. The van der Waals surface area contributed by atoms with E-state index in [-0.39, 0.29) is 10.6 Å². The van der Waals surface area contributed by atoms with Crippen molar-refractivity contribution in [2.45, 2.75) is 70.4 Å². The second-order valence-electron chi connectivity index (χ2n) is 8.01. The molecule has 1 aliphatic rings. The normalized spacial score (nSPS) is 27.7. The van der Waals surface area contributed by atoms with E-state index in [0.717, 1.165) is 4.57 Å². The summed E-state index contributed by atoms with van der Waals surface area (Å²) in [6, 6.07) is 0. The third kappa shape index (κ3) is 3.79. The van der Waals surface area contributed by atoms with Crippen LogP contribution in [0.5, 0.6) is 0 Å². The Kier molecular flexibility index (Phi) is 5.44. The van der Waals surface area contributed by atoms with Crippen molar-refractivity contribution in [3.05, 3.63) is 32.6 Å². The maximum absolute atomic E-state index is 15.1. The lowest BCUT2D eigenvalue weighted by molar-refractivity contribution is -0.0479. The number of aliphatic hydroxyl groups excluding tert-OH is 1. The Balaban J connectivity index is 2.36. The van der Waals surface area contributed by atoms with Gasteiger partial charge in [0.25, 0.3) is 5.56 Å². The van der Waals surface area contributed by atoms with Crippen LogP contribution in [-0.4, -0.2) is 48.0 Å². The first kappa shape index (κ1) is 20.0. The molecule has 0 aliphatic carbocycles. The molecule has 0 radical (unpaired) electrons. The number of H-pyrrole nitrogens is 1. The summed E-state index contributed by atoms with van der Waals surface area (Å²) >= 11 is 0. The summed E-state index contributed by atoms with van der Waals surface area (Å²) in [6.07, 6.45) is -3.49. The molecule has 1 aromatic heterocycles. The third-order valence-corrected chi connectivity index (χ3v) is 9.58. The minimum Gasteiger partial charge on any atom is -0.408 e. The fourth-order valence-corrected chi connectivity index (χ4v) is 3.81. The highest BCUT2D eigenvalue weighted by atomic mass is 28.4. The average Bonchev–Trinajstić information content (AvgIpc) is 2.78. The molecule has 9 heteroatoms. The van der Waals surface area contributed by atoms with Crippen LogP contribution >= 0.6 is 0 Å². The molecule has 1 fully saturated rings. The number of nitrogens with zero attached hydrogens (tertiary/aromatic N) is 1. The molecule has 2 heterocycles. The van der Waals surface area contributed by atoms with Crippen molar-refractivity contribution in [3.63, 3.8) is 0 Å². The third-order valence-electron chi connectivity index (χ3n) is 5.10. The van der Waals surface area contributed by atoms with E-state index in [9.17, 15) is 14.7 Å². The molecule has 1 saturated heterocycles. The van der Waals surface area contributed by atoms with E-state index >= 15 is 4.39 Å². The number of alkyl halides is 1. The summed E-state index contributed by atoms with van der Waals surface area (Å²) < 4.78 is 27.8. The van der Waals surface area contributed by atoms with Crippen molar-refractivity contribution in [1.82, 2.24) is 9.55 Å². The lowest BCUT2D eigenvalue weighted by Gasteiger charge is -2.39. The number of nitrogens with one attached hydrogen (secondary N) is 1. The Morgan fingerprint density at radius 2 is 2.00 bits per heavy atom. The molecule has 0 amide bonds. The summed E-state index contributed by atoms with van der Waals surface area (Å²) in [7, 11) is -2.31. The van der Waals surface area contributed by atoms with Gasteiger partial charge in [-0.25, -0.2) is 9.18 Å². The summed E-state index contributed by atoms with van der Waals surface area (Å²) in [5.41, 5.74) is -1.01. The van der Waals surface area contributed by atoms with Crippen molar-refractivity contribution in [2.24, 2.45) is 0 Å². The number of aromatic amines is 1. The topological polar surface area (TPSA) is 93.6 Å². The van der Waals surface area contributed by atoms with Crippen LogP contribution in [0, 0.1) is 6.92 Å². The lowest BCUT2D eigenvalue weighted by atomic mass is 10.1. The van der Waals surface area contributed by atoms with Crippen LogP contribution in [0.1, 0.15) is 32.6 Å². The van der Waals surface area contributed by atoms with Gasteiger partial charge in [-0.1, -0.05) is 20.8 Å². The lowest BCUT2D eigenvalue weighted by Crippen LogP contribution is -2.49. The van der Waals surface area contributed by atoms with Gasteiger partial charge in [0.05, 0.1) is 6.61 Å². The Labute approximate surface area is 146 Å². The number of aliphatic hydroxyl groups is 1. The van der Waals surface area contributed by atoms with Crippen LogP contribution in [-0.2, 0) is 9.16 Å². The number of halogens is 1. The first-order chi connectivity index (χ1) is 11.4. The highest BCUT2D eigenvalue weighted by Gasteiger charge is 2.51. The second-order valence-corrected chi connectivity index (χ2v) is 12.8. The van der Waals surface area contributed by atoms with Crippen molar-refractivity contribution in [2.75, 3.05) is 6.61 Å². The van der Waals surface area contributed by atoms with Crippen LogP contribution in [0.2, 0.25) is 18.1 Å². The molecule has 0 unspecified atom stereocenters. The molecule has 2 N–H and O–H groups in total. The van der Waals surface area contributed by atoms with Crippen molar-refractivity contribution < 1.29 is 18.7 Å². The van der Waals surface area contributed by atoms with Gasteiger partial charge in [0.1, 0.15) is 12.2 Å². The minimum atomic E-state index is -2.31. The van der Waals surface area contributed by atoms with E-state index < -0.39 is 50.8 Å². The molecular weight excluding hydrogens is 347 g/mol. The smallest absolute Gasteiger partial charge is 0.330 e. The number of rotatable bonds is 4. The van der Waals surface area contributed by atoms with Crippen LogP contribution < -0.4 is 11.2 Å². The van der Waals surface area contributed by atoms with E-state index in [0.29, 0.717) is 0 Å². The van der Waals surface area contributed by atoms with E-state index in [2.05, 4.69) is 4.98 Å². The SMILES string of the molecule is Cc1cn([C@@H]2O[C@H](CO)[C@@H](O[Si](C)(C)C(C)(C)C)[C@@H]2F)c(=O)[nH]c1=O. The molecule has 142 valence electrons. The molecule has 0 aromatic carbocycles. The maximum atomic E-state index is 15.1. The van der Waals surface area contributed by atoms with Gasteiger partial charge >= 0.3 is 5.69 Å². The molecule has 0 saturated carbocycles. The summed E-state index contributed by atoms with van der Waals surface area (Å²) in [4.78, 5) is 25.7. The quantitative estimate of drug-likeness (QED) is 0.779. The van der Waals surface area contributed by atoms with Gasteiger partial charge < -0.3 is 14.3 Å². The highest BCUT2D eigenvalue weighted by molar-refractivity contribution is 6.74. The Hall–Kier alpha value is -1.29. The Morgan fingerprint density at radius 1 is 1.40 bits per heavy atom. The maximum Gasteiger partial charge on any atom is 0.330 e. The molecule has 4 atom stereocenters. The summed E-state index contributed by atoms with van der Waals surface area (Å²) in [5, 5.41) is 9.44. The first-order valence-corrected chi connectivity index (χ1v) is 11.2. The van der Waals surface area contributed by atoms with Gasteiger partial charge in [-0.15, -0.1) is 0 Å². The zero-order valence-electron chi connectivity index (χ0n) is 15.5. The summed E-state index contributed by atoms with van der Waals surface area (Å²) in [6.45, 7) is 11.2. The van der Waals surface area contributed by atoms with Gasteiger partial charge in [-0.05, 0) is 25.1 Å². The molecule has 0 spiro atoms. The monoisotopic (exact) mass is 374 g/mol. The van der Waals surface area contributed by atoms with Crippen molar-refractivity contribution >= 4 is 8.32 Å². The van der Waals surface area contributed by atoms with Gasteiger partial charge in [0.2, 0.25) is 0 Å². The predicted octanol–water partition coefficient (Wildman–Crippen LogP) is 1.46. The molecule has 7 nitrogen and oxygen atoms in total. The fraction of sp³-hybridized carbons (Fsp3) is 0.750. The minimum absolute atomic E-state index is 0.143. The van der Waals surface area contributed by atoms with Crippen LogP contribution in [0.15, 0.2) is 15.8 Å². The second kappa shape index (κ2) is 6.79. The van der Waals surface area contributed by atoms with Crippen molar-refractivity contribution in [3.8, 4) is 0 Å². The number of ether oxygens (including phenoxy) is 1. The van der Waals surface area contributed by atoms with E-state index in [1.807, 2.05) is 33.9 Å². The number of aromatic nitrogens is 2.